The van der Waals surface area contributed by atoms with Crippen molar-refractivity contribution in [2.75, 3.05) is 4.90 Å². The van der Waals surface area contributed by atoms with Crippen molar-refractivity contribution in [1.29, 1.82) is 0 Å². The standard InChI is InChI=1S/C62H41NO/c1-61(2)50-24-12-8-20-43(50)47-30-28-41(36-54(47)61)63(56-32-33-57-60(59(56)38-16-4-3-5-17-38)49-34-39-18-6-7-19-40(39)35-58(49)64-57)42-29-31-48-46-23-11-15-27-53(46)62(55(48)37-42)51-25-13-9-21-44(51)45-22-10-14-26-52(45)62/h3-37H,1-2H3. The number of fused-ring (bicyclic) bond motifs is 17. The lowest BCUT2D eigenvalue weighted by Crippen LogP contribution is -2.26. The maximum atomic E-state index is 6.80. The maximum Gasteiger partial charge on any atom is 0.136 e. The molecule has 0 saturated heterocycles. The number of anilines is 3. The van der Waals surface area contributed by atoms with Crippen LogP contribution < -0.4 is 4.90 Å². The summed E-state index contributed by atoms with van der Waals surface area (Å²) in [7, 11) is 0. The van der Waals surface area contributed by atoms with Gasteiger partial charge in [0.2, 0.25) is 0 Å². The van der Waals surface area contributed by atoms with E-state index in [0.717, 1.165) is 50.1 Å². The molecule has 64 heavy (non-hydrogen) atoms. The summed E-state index contributed by atoms with van der Waals surface area (Å²) in [5.41, 5.74) is 22.6. The number of hydrogen-bond acceptors (Lipinski definition) is 2. The zero-order valence-corrected chi connectivity index (χ0v) is 35.6. The fourth-order valence-electron chi connectivity index (χ4n) is 12.1. The second kappa shape index (κ2) is 12.8. The first-order valence-electron chi connectivity index (χ1n) is 22.4. The molecule has 0 bridgehead atoms. The van der Waals surface area contributed by atoms with Crippen LogP contribution in [-0.4, -0.2) is 0 Å². The fraction of sp³-hybridized carbons (Fsp3) is 0.0645. The second-order valence-corrected chi connectivity index (χ2v) is 18.3. The second-order valence-electron chi connectivity index (χ2n) is 18.3. The van der Waals surface area contributed by atoms with Crippen LogP contribution in [0, 0.1) is 0 Å². The van der Waals surface area contributed by atoms with Gasteiger partial charge in [-0.2, -0.15) is 0 Å². The van der Waals surface area contributed by atoms with E-state index < -0.39 is 5.41 Å². The fourth-order valence-corrected chi connectivity index (χ4v) is 12.1. The van der Waals surface area contributed by atoms with Crippen molar-refractivity contribution >= 4 is 49.8 Å². The van der Waals surface area contributed by atoms with Gasteiger partial charge in [0.25, 0.3) is 0 Å². The topological polar surface area (TPSA) is 16.4 Å². The summed E-state index contributed by atoms with van der Waals surface area (Å²) in [6.45, 7) is 4.75. The molecule has 2 nitrogen and oxygen atoms in total. The van der Waals surface area contributed by atoms with Crippen LogP contribution in [-0.2, 0) is 10.8 Å². The summed E-state index contributed by atoms with van der Waals surface area (Å²) in [5, 5.41) is 4.59. The summed E-state index contributed by atoms with van der Waals surface area (Å²) in [6, 6.07) is 79.1. The Balaban J connectivity index is 1.09. The van der Waals surface area contributed by atoms with Crippen LogP contribution in [0.3, 0.4) is 0 Å². The number of benzene rings is 10. The molecule has 1 aromatic heterocycles. The average molecular weight is 816 g/mol. The summed E-state index contributed by atoms with van der Waals surface area (Å²) in [4.78, 5) is 2.53. The zero-order valence-electron chi connectivity index (χ0n) is 35.6. The van der Waals surface area contributed by atoms with E-state index in [-0.39, 0.29) is 5.41 Å². The van der Waals surface area contributed by atoms with Crippen molar-refractivity contribution in [1.82, 2.24) is 0 Å². The molecular formula is C62H41NO. The van der Waals surface area contributed by atoms with Crippen LogP contribution in [0.15, 0.2) is 217 Å². The first-order valence-corrected chi connectivity index (χ1v) is 22.4. The van der Waals surface area contributed by atoms with Gasteiger partial charge in [-0.3, -0.25) is 0 Å². The smallest absolute Gasteiger partial charge is 0.136 e. The van der Waals surface area contributed by atoms with Crippen molar-refractivity contribution in [2.45, 2.75) is 24.7 Å². The minimum absolute atomic E-state index is 0.178. The Hall–Kier alpha value is -7.94. The molecule has 0 atom stereocenters. The normalized spacial score (nSPS) is 14.3. The lowest BCUT2D eigenvalue weighted by Gasteiger charge is -2.33. The molecule has 3 aliphatic carbocycles. The highest BCUT2D eigenvalue weighted by Gasteiger charge is 2.51. The van der Waals surface area contributed by atoms with E-state index in [1.807, 2.05) is 0 Å². The summed E-state index contributed by atoms with van der Waals surface area (Å²) < 4.78 is 6.80. The lowest BCUT2D eigenvalue weighted by atomic mass is 9.70. The SMILES string of the molecule is CC1(C)c2ccccc2-c2ccc(N(c3ccc4c(c3)C3(c5ccccc5-c5ccccc53)c3ccccc3-4)c3ccc4oc5cc6ccccc6cc5c4c3-c3ccccc3)cc21. The molecular weight excluding hydrogens is 775 g/mol. The van der Waals surface area contributed by atoms with Gasteiger partial charge in [-0.25, -0.2) is 0 Å². The zero-order chi connectivity index (χ0) is 42.3. The van der Waals surface area contributed by atoms with Gasteiger partial charge in [-0.15, -0.1) is 0 Å². The molecule has 0 saturated carbocycles. The van der Waals surface area contributed by atoms with Crippen molar-refractivity contribution in [3.8, 4) is 44.5 Å². The number of furan rings is 1. The highest BCUT2D eigenvalue weighted by atomic mass is 16.3. The third-order valence-corrected chi connectivity index (χ3v) is 14.8. The summed E-state index contributed by atoms with van der Waals surface area (Å²) >= 11 is 0. The minimum atomic E-state index is -0.476. The van der Waals surface area contributed by atoms with Crippen LogP contribution in [0.1, 0.15) is 47.2 Å². The third kappa shape index (κ3) is 4.59. The molecule has 3 aliphatic rings. The van der Waals surface area contributed by atoms with Crippen molar-refractivity contribution < 1.29 is 4.42 Å². The first kappa shape index (κ1) is 35.6. The Bertz CT molecular complexity index is 3710. The van der Waals surface area contributed by atoms with E-state index >= 15 is 0 Å². The largest absolute Gasteiger partial charge is 0.456 e. The van der Waals surface area contributed by atoms with Gasteiger partial charge in [-0.1, -0.05) is 178 Å². The minimum Gasteiger partial charge on any atom is -0.456 e. The van der Waals surface area contributed by atoms with E-state index in [1.165, 1.54) is 77.5 Å². The molecule has 10 aromatic carbocycles. The maximum absolute atomic E-state index is 6.80. The van der Waals surface area contributed by atoms with Gasteiger partial charge in [0, 0.05) is 33.1 Å². The van der Waals surface area contributed by atoms with E-state index in [4.69, 9.17) is 4.42 Å². The highest BCUT2D eigenvalue weighted by molar-refractivity contribution is 6.19. The number of nitrogens with zero attached hydrogens (tertiary/aromatic N) is 1. The molecule has 0 unspecified atom stereocenters. The molecule has 0 aliphatic heterocycles. The summed E-state index contributed by atoms with van der Waals surface area (Å²) in [6.07, 6.45) is 0. The predicted molar refractivity (Wildman–Crippen MR) is 265 cm³/mol. The Labute approximate surface area is 372 Å². The van der Waals surface area contributed by atoms with Crippen LogP contribution >= 0.6 is 0 Å². The van der Waals surface area contributed by atoms with E-state index in [0.29, 0.717) is 0 Å². The van der Waals surface area contributed by atoms with Gasteiger partial charge in [-0.05, 0) is 132 Å². The van der Waals surface area contributed by atoms with Crippen LogP contribution in [0.5, 0.6) is 0 Å². The Morgan fingerprint density at radius 1 is 0.375 bits per heavy atom. The Morgan fingerprint density at radius 3 is 1.48 bits per heavy atom. The van der Waals surface area contributed by atoms with Gasteiger partial charge < -0.3 is 9.32 Å². The molecule has 0 radical (unpaired) electrons. The van der Waals surface area contributed by atoms with Crippen molar-refractivity contribution in [2.24, 2.45) is 0 Å². The molecule has 0 amide bonds. The van der Waals surface area contributed by atoms with Crippen LogP contribution in [0.2, 0.25) is 0 Å². The van der Waals surface area contributed by atoms with Gasteiger partial charge in [0.05, 0.1) is 11.1 Å². The number of hydrogen-bond donors (Lipinski definition) is 0. The van der Waals surface area contributed by atoms with E-state index in [2.05, 4.69) is 231 Å². The van der Waals surface area contributed by atoms with E-state index in [1.54, 1.807) is 0 Å². The van der Waals surface area contributed by atoms with E-state index in [9.17, 15) is 0 Å². The van der Waals surface area contributed by atoms with Gasteiger partial charge in [0.15, 0.2) is 0 Å². The predicted octanol–water partition coefficient (Wildman–Crippen LogP) is 16.5. The Morgan fingerprint density at radius 2 is 0.859 bits per heavy atom. The van der Waals surface area contributed by atoms with Crippen LogP contribution in [0.25, 0.3) is 77.2 Å². The van der Waals surface area contributed by atoms with Gasteiger partial charge in [0.1, 0.15) is 11.2 Å². The average Bonchev–Trinajstić information content (AvgIpc) is 4.03. The molecule has 1 spiro atoms. The van der Waals surface area contributed by atoms with Crippen molar-refractivity contribution in [3.63, 3.8) is 0 Å². The molecule has 0 fully saturated rings. The molecule has 1 heterocycles. The molecule has 2 heteroatoms. The number of rotatable bonds is 4. The molecule has 14 rings (SSSR count). The molecule has 0 N–H and O–H groups in total. The summed E-state index contributed by atoms with van der Waals surface area (Å²) in [5.74, 6) is 0. The first-order chi connectivity index (χ1) is 31.5. The Kier molecular flexibility index (Phi) is 7.13. The van der Waals surface area contributed by atoms with Crippen molar-refractivity contribution in [3.05, 3.63) is 246 Å². The molecule has 11 aromatic rings. The lowest BCUT2D eigenvalue weighted by molar-refractivity contribution is 0.660. The third-order valence-electron chi connectivity index (χ3n) is 14.8. The van der Waals surface area contributed by atoms with Gasteiger partial charge >= 0.3 is 0 Å². The van der Waals surface area contributed by atoms with Crippen LogP contribution in [0.4, 0.5) is 17.1 Å². The highest BCUT2D eigenvalue weighted by Crippen LogP contribution is 2.64. The monoisotopic (exact) mass is 815 g/mol. The molecule has 300 valence electrons. The quantitative estimate of drug-likeness (QED) is 0.176.